The summed E-state index contributed by atoms with van der Waals surface area (Å²) in [6.07, 6.45) is 0. The van der Waals surface area contributed by atoms with Crippen LogP contribution in [0.4, 0.5) is 0 Å². The SMILES string of the molecule is COC(=O)c1ccc(CNC(=O)C(C)N2CCN(Cc3cccc(Cl)c3)CC2)cc1. The molecule has 0 saturated carbocycles. The highest BCUT2D eigenvalue weighted by Crippen LogP contribution is 2.15. The zero-order valence-corrected chi connectivity index (χ0v) is 18.2. The van der Waals surface area contributed by atoms with Crippen LogP contribution >= 0.6 is 11.6 Å². The number of benzene rings is 2. The summed E-state index contributed by atoms with van der Waals surface area (Å²) in [5.41, 5.74) is 2.64. The van der Waals surface area contributed by atoms with Crippen LogP contribution in [0.2, 0.25) is 5.02 Å². The van der Waals surface area contributed by atoms with Crippen molar-refractivity contribution in [1.29, 1.82) is 0 Å². The fraction of sp³-hybridized carbons (Fsp3) is 0.391. The lowest BCUT2D eigenvalue weighted by Crippen LogP contribution is -2.53. The van der Waals surface area contributed by atoms with Gasteiger partial charge in [0, 0.05) is 44.3 Å². The van der Waals surface area contributed by atoms with Gasteiger partial charge < -0.3 is 10.1 Å². The third kappa shape index (κ3) is 6.05. The number of ether oxygens (including phenoxy) is 1. The van der Waals surface area contributed by atoms with Gasteiger partial charge in [0.2, 0.25) is 5.91 Å². The molecule has 1 atom stereocenters. The molecule has 6 nitrogen and oxygen atoms in total. The van der Waals surface area contributed by atoms with E-state index in [0.717, 1.165) is 43.3 Å². The zero-order valence-electron chi connectivity index (χ0n) is 17.4. The molecule has 1 aliphatic rings. The first kappa shape index (κ1) is 22.3. The minimum Gasteiger partial charge on any atom is -0.465 e. The molecular weight excluding hydrogens is 402 g/mol. The lowest BCUT2D eigenvalue weighted by molar-refractivity contribution is -0.126. The van der Waals surface area contributed by atoms with Crippen LogP contribution in [0, 0.1) is 0 Å². The van der Waals surface area contributed by atoms with Gasteiger partial charge in [-0.2, -0.15) is 0 Å². The van der Waals surface area contributed by atoms with E-state index in [9.17, 15) is 9.59 Å². The van der Waals surface area contributed by atoms with Crippen LogP contribution in [-0.2, 0) is 22.6 Å². The third-order valence-corrected chi connectivity index (χ3v) is 5.71. The summed E-state index contributed by atoms with van der Waals surface area (Å²) in [5, 5.41) is 3.75. The molecule has 1 N–H and O–H groups in total. The highest BCUT2D eigenvalue weighted by molar-refractivity contribution is 6.30. The Kier molecular flexibility index (Phi) is 7.85. The Bertz CT molecular complexity index is 864. The summed E-state index contributed by atoms with van der Waals surface area (Å²) in [5.74, 6) is -0.357. The number of hydrogen-bond donors (Lipinski definition) is 1. The fourth-order valence-electron chi connectivity index (χ4n) is 3.58. The highest BCUT2D eigenvalue weighted by Gasteiger charge is 2.25. The van der Waals surface area contributed by atoms with E-state index < -0.39 is 0 Å². The van der Waals surface area contributed by atoms with Crippen LogP contribution in [0.25, 0.3) is 0 Å². The van der Waals surface area contributed by atoms with Gasteiger partial charge in [0.05, 0.1) is 18.7 Å². The minimum absolute atomic E-state index is 0.00957. The second-order valence-electron chi connectivity index (χ2n) is 7.52. The minimum atomic E-state index is -0.367. The number of esters is 1. The van der Waals surface area contributed by atoms with Crippen molar-refractivity contribution in [3.8, 4) is 0 Å². The van der Waals surface area contributed by atoms with Crippen LogP contribution in [0.3, 0.4) is 0 Å². The van der Waals surface area contributed by atoms with Crippen molar-refractivity contribution in [1.82, 2.24) is 15.1 Å². The lowest BCUT2D eigenvalue weighted by Gasteiger charge is -2.37. The predicted molar refractivity (Wildman–Crippen MR) is 117 cm³/mol. The van der Waals surface area contributed by atoms with Crippen molar-refractivity contribution in [3.05, 3.63) is 70.2 Å². The topological polar surface area (TPSA) is 61.9 Å². The van der Waals surface area contributed by atoms with Crippen molar-refractivity contribution in [2.45, 2.75) is 26.1 Å². The first-order chi connectivity index (χ1) is 14.5. The summed E-state index contributed by atoms with van der Waals surface area (Å²) >= 11 is 6.07. The van der Waals surface area contributed by atoms with Crippen LogP contribution in [-0.4, -0.2) is 61.0 Å². The van der Waals surface area contributed by atoms with E-state index in [2.05, 4.69) is 21.2 Å². The molecule has 160 valence electrons. The molecular formula is C23H28ClN3O3. The Morgan fingerprint density at radius 2 is 1.77 bits per heavy atom. The number of carbonyl (C=O) groups is 2. The number of nitrogens with zero attached hydrogens (tertiary/aromatic N) is 2. The third-order valence-electron chi connectivity index (χ3n) is 5.47. The Hall–Kier alpha value is -2.41. The highest BCUT2D eigenvalue weighted by atomic mass is 35.5. The molecule has 0 aromatic heterocycles. The van der Waals surface area contributed by atoms with Crippen LogP contribution in [0.15, 0.2) is 48.5 Å². The molecule has 7 heteroatoms. The first-order valence-electron chi connectivity index (χ1n) is 10.1. The van der Waals surface area contributed by atoms with Crippen molar-refractivity contribution in [2.75, 3.05) is 33.3 Å². The molecule has 0 bridgehead atoms. The quantitative estimate of drug-likeness (QED) is 0.685. The number of piperazine rings is 1. The predicted octanol–water partition coefficient (Wildman–Crippen LogP) is 2.95. The normalized spacial score (nSPS) is 16.1. The number of halogens is 1. The Balaban J connectivity index is 1.43. The standard InChI is InChI=1S/C23H28ClN3O3/c1-17(22(28)25-15-18-6-8-20(9-7-18)23(29)30-2)27-12-10-26(11-13-27)16-19-4-3-5-21(24)14-19/h3-9,14,17H,10-13,15-16H2,1-2H3,(H,25,28). The van der Waals surface area contributed by atoms with E-state index in [4.69, 9.17) is 16.3 Å². The molecule has 0 aliphatic carbocycles. The van der Waals surface area contributed by atoms with Crippen LogP contribution in [0.5, 0.6) is 0 Å². The molecule has 1 saturated heterocycles. The van der Waals surface area contributed by atoms with Crippen LogP contribution < -0.4 is 5.32 Å². The van der Waals surface area contributed by atoms with Gasteiger partial charge in [-0.25, -0.2) is 4.79 Å². The number of methoxy groups -OCH3 is 1. The Morgan fingerprint density at radius 3 is 2.40 bits per heavy atom. The maximum atomic E-state index is 12.6. The van der Waals surface area contributed by atoms with Gasteiger partial charge in [-0.1, -0.05) is 35.9 Å². The van der Waals surface area contributed by atoms with E-state index >= 15 is 0 Å². The molecule has 1 amide bonds. The maximum Gasteiger partial charge on any atom is 0.337 e. The van der Waals surface area contributed by atoms with E-state index in [1.165, 1.54) is 12.7 Å². The molecule has 0 spiro atoms. The summed E-state index contributed by atoms with van der Waals surface area (Å²) in [6.45, 7) is 6.78. The van der Waals surface area contributed by atoms with Crippen molar-refractivity contribution in [3.63, 3.8) is 0 Å². The molecule has 0 radical (unpaired) electrons. The molecule has 2 aromatic carbocycles. The van der Waals surface area contributed by atoms with Gasteiger partial charge in [0.25, 0.3) is 0 Å². The Labute approximate surface area is 182 Å². The van der Waals surface area contributed by atoms with Crippen molar-refractivity contribution in [2.24, 2.45) is 0 Å². The smallest absolute Gasteiger partial charge is 0.337 e. The number of amides is 1. The van der Waals surface area contributed by atoms with Crippen molar-refractivity contribution >= 4 is 23.5 Å². The molecule has 2 aromatic rings. The number of nitrogens with one attached hydrogen (secondary N) is 1. The van der Waals surface area contributed by atoms with Gasteiger partial charge >= 0.3 is 5.97 Å². The van der Waals surface area contributed by atoms with Crippen LogP contribution in [0.1, 0.15) is 28.4 Å². The summed E-state index contributed by atoms with van der Waals surface area (Å²) < 4.78 is 4.70. The molecule has 1 unspecified atom stereocenters. The van der Waals surface area contributed by atoms with Gasteiger partial charge in [-0.3, -0.25) is 14.6 Å². The van der Waals surface area contributed by atoms with E-state index in [1.807, 2.05) is 37.3 Å². The average Bonchev–Trinajstić information content (AvgIpc) is 2.77. The Morgan fingerprint density at radius 1 is 1.07 bits per heavy atom. The van der Waals surface area contributed by atoms with Gasteiger partial charge in [-0.15, -0.1) is 0 Å². The molecule has 30 heavy (non-hydrogen) atoms. The molecule has 1 aliphatic heterocycles. The van der Waals surface area contributed by atoms with E-state index in [1.54, 1.807) is 12.1 Å². The summed E-state index contributed by atoms with van der Waals surface area (Å²) in [4.78, 5) is 28.7. The molecule has 3 rings (SSSR count). The van der Waals surface area contributed by atoms with Gasteiger partial charge in [0.1, 0.15) is 0 Å². The van der Waals surface area contributed by atoms with Gasteiger partial charge in [-0.05, 0) is 42.3 Å². The average molecular weight is 430 g/mol. The first-order valence-corrected chi connectivity index (χ1v) is 10.5. The maximum absolute atomic E-state index is 12.6. The molecule has 1 heterocycles. The zero-order chi connectivity index (χ0) is 21.5. The van der Waals surface area contributed by atoms with E-state index in [0.29, 0.717) is 12.1 Å². The lowest BCUT2D eigenvalue weighted by atomic mass is 10.1. The number of rotatable bonds is 7. The number of hydrogen-bond acceptors (Lipinski definition) is 5. The monoisotopic (exact) mass is 429 g/mol. The summed E-state index contributed by atoms with van der Waals surface area (Å²) in [6, 6.07) is 14.8. The van der Waals surface area contributed by atoms with Gasteiger partial charge in [0.15, 0.2) is 0 Å². The van der Waals surface area contributed by atoms with Crippen molar-refractivity contribution < 1.29 is 14.3 Å². The number of carbonyl (C=O) groups excluding carboxylic acids is 2. The fourth-order valence-corrected chi connectivity index (χ4v) is 3.79. The molecule has 1 fully saturated rings. The second kappa shape index (κ2) is 10.6. The van der Waals surface area contributed by atoms with E-state index in [-0.39, 0.29) is 17.9 Å². The summed E-state index contributed by atoms with van der Waals surface area (Å²) in [7, 11) is 1.36. The largest absolute Gasteiger partial charge is 0.465 e. The second-order valence-corrected chi connectivity index (χ2v) is 7.96.